The van der Waals surface area contributed by atoms with E-state index >= 15 is 0 Å². The van der Waals surface area contributed by atoms with Gasteiger partial charge in [0.2, 0.25) is 0 Å². The standard InChI is InChI=1S/C16H9N3O3/c17-9-11-3-1-10(2-4-11)7-14-13-8-12(19(21)22)5-6-15(13)18-16(14)20/h1-8H,(H,18,20)/b14-7-. The second-order valence-corrected chi connectivity index (χ2v) is 4.73. The Balaban J connectivity index is 2.06. The Morgan fingerprint density at radius 1 is 1.18 bits per heavy atom. The summed E-state index contributed by atoms with van der Waals surface area (Å²) in [4.78, 5) is 22.4. The van der Waals surface area contributed by atoms with Crippen molar-refractivity contribution in [3.8, 4) is 6.07 Å². The van der Waals surface area contributed by atoms with Crippen molar-refractivity contribution in [2.45, 2.75) is 0 Å². The molecule has 0 bridgehead atoms. The Bertz CT molecular complexity index is 861. The lowest BCUT2D eigenvalue weighted by Gasteiger charge is -1.99. The van der Waals surface area contributed by atoms with Gasteiger partial charge in [-0.15, -0.1) is 0 Å². The molecule has 0 radical (unpaired) electrons. The van der Waals surface area contributed by atoms with E-state index in [1.807, 2.05) is 6.07 Å². The van der Waals surface area contributed by atoms with Gasteiger partial charge in [-0.3, -0.25) is 14.9 Å². The number of amides is 1. The van der Waals surface area contributed by atoms with E-state index in [-0.39, 0.29) is 11.6 Å². The van der Waals surface area contributed by atoms with Crippen LogP contribution in [-0.2, 0) is 4.79 Å². The van der Waals surface area contributed by atoms with Gasteiger partial charge in [-0.05, 0) is 29.8 Å². The summed E-state index contributed by atoms with van der Waals surface area (Å²) in [5, 5.41) is 22.3. The van der Waals surface area contributed by atoms with Crippen molar-refractivity contribution in [3.05, 3.63) is 69.3 Å². The number of hydrogen-bond acceptors (Lipinski definition) is 4. The van der Waals surface area contributed by atoms with E-state index in [0.717, 1.165) is 5.56 Å². The summed E-state index contributed by atoms with van der Waals surface area (Å²) in [6.07, 6.45) is 1.64. The van der Waals surface area contributed by atoms with Crippen molar-refractivity contribution in [2.24, 2.45) is 0 Å². The third-order valence-corrected chi connectivity index (χ3v) is 3.35. The van der Waals surface area contributed by atoms with E-state index in [4.69, 9.17) is 5.26 Å². The van der Waals surface area contributed by atoms with Crippen LogP contribution in [-0.4, -0.2) is 10.8 Å². The number of nitro benzene ring substituents is 1. The molecule has 0 fully saturated rings. The number of benzene rings is 2. The van der Waals surface area contributed by atoms with Crippen molar-refractivity contribution in [1.82, 2.24) is 0 Å². The highest BCUT2D eigenvalue weighted by molar-refractivity contribution is 6.35. The first-order valence-corrected chi connectivity index (χ1v) is 6.40. The Morgan fingerprint density at radius 3 is 2.55 bits per heavy atom. The number of nitro groups is 1. The Hall–Kier alpha value is -3.46. The van der Waals surface area contributed by atoms with Gasteiger partial charge in [0.1, 0.15) is 0 Å². The zero-order valence-corrected chi connectivity index (χ0v) is 11.2. The lowest BCUT2D eigenvalue weighted by Crippen LogP contribution is -2.03. The molecule has 1 heterocycles. The molecule has 6 nitrogen and oxygen atoms in total. The molecule has 106 valence electrons. The molecule has 0 atom stereocenters. The van der Waals surface area contributed by atoms with Gasteiger partial charge >= 0.3 is 0 Å². The molecule has 3 rings (SSSR count). The quantitative estimate of drug-likeness (QED) is 0.522. The van der Waals surface area contributed by atoms with Crippen molar-refractivity contribution < 1.29 is 9.72 Å². The lowest BCUT2D eigenvalue weighted by molar-refractivity contribution is -0.384. The normalized spacial score (nSPS) is 14.3. The molecule has 0 unspecified atom stereocenters. The van der Waals surface area contributed by atoms with Gasteiger partial charge in [-0.2, -0.15) is 5.26 Å². The van der Waals surface area contributed by atoms with Crippen LogP contribution in [0.3, 0.4) is 0 Å². The van der Waals surface area contributed by atoms with Crippen LogP contribution < -0.4 is 5.32 Å². The zero-order valence-electron chi connectivity index (χ0n) is 11.2. The van der Waals surface area contributed by atoms with E-state index in [2.05, 4.69) is 5.32 Å². The van der Waals surface area contributed by atoms with Crippen LogP contribution >= 0.6 is 0 Å². The van der Waals surface area contributed by atoms with Crippen LogP contribution in [0.15, 0.2) is 42.5 Å². The SMILES string of the molecule is N#Cc1ccc(/C=C2\C(=O)Nc3ccc([N+](=O)[O-])cc32)cc1. The van der Waals surface area contributed by atoms with Crippen molar-refractivity contribution in [1.29, 1.82) is 5.26 Å². The van der Waals surface area contributed by atoms with Crippen LogP contribution in [0.1, 0.15) is 16.7 Å². The fourth-order valence-corrected chi connectivity index (χ4v) is 2.25. The summed E-state index contributed by atoms with van der Waals surface area (Å²) >= 11 is 0. The van der Waals surface area contributed by atoms with E-state index in [1.165, 1.54) is 18.2 Å². The molecule has 0 saturated heterocycles. The maximum absolute atomic E-state index is 12.0. The molecule has 1 aliphatic rings. The number of nitrogens with zero attached hydrogens (tertiary/aromatic N) is 2. The van der Waals surface area contributed by atoms with E-state index in [0.29, 0.717) is 22.4 Å². The topological polar surface area (TPSA) is 96.0 Å². The first kappa shape index (κ1) is 13.5. The van der Waals surface area contributed by atoms with Gasteiger partial charge in [-0.1, -0.05) is 12.1 Å². The van der Waals surface area contributed by atoms with Crippen LogP contribution in [0.25, 0.3) is 11.6 Å². The fraction of sp³-hybridized carbons (Fsp3) is 0. The molecule has 1 amide bonds. The summed E-state index contributed by atoms with van der Waals surface area (Å²) in [6.45, 7) is 0. The van der Waals surface area contributed by atoms with Crippen LogP contribution in [0.4, 0.5) is 11.4 Å². The fourth-order valence-electron chi connectivity index (χ4n) is 2.25. The van der Waals surface area contributed by atoms with Crippen molar-refractivity contribution >= 4 is 28.9 Å². The number of hydrogen-bond donors (Lipinski definition) is 1. The summed E-state index contributed by atoms with van der Waals surface area (Å²) in [5.74, 6) is -0.306. The average Bonchev–Trinajstić information content (AvgIpc) is 2.83. The minimum Gasteiger partial charge on any atom is -0.321 e. The molecule has 2 aromatic rings. The van der Waals surface area contributed by atoms with Crippen LogP contribution in [0, 0.1) is 21.4 Å². The first-order chi connectivity index (χ1) is 10.6. The zero-order chi connectivity index (χ0) is 15.7. The monoisotopic (exact) mass is 291 g/mol. The highest BCUT2D eigenvalue weighted by atomic mass is 16.6. The molecule has 2 aromatic carbocycles. The van der Waals surface area contributed by atoms with Gasteiger partial charge < -0.3 is 5.32 Å². The lowest BCUT2D eigenvalue weighted by atomic mass is 10.0. The third-order valence-electron chi connectivity index (χ3n) is 3.35. The summed E-state index contributed by atoms with van der Waals surface area (Å²) < 4.78 is 0. The molecular formula is C16H9N3O3. The number of nitrogens with one attached hydrogen (secondary N) is 1. The number of anilines is 1. The summed E-state index contributed by atoms with van der Waals surface area (Å²) in [6, 6.07) is 13.0. The summed E-state index contributed by atoms with van der Waals surface area (Å²) in [7, 11) is 0. The number of non-ortho nitro benzene ring substituents is 1. The first-order valence-electron chi connectivity index (χ1n) is 6.40. The molecule has 0 aliphatic carbocycles. The number of carbonyl (C=O) groups is 1. The van der Waals surface area contributed by atoms with Gasteiger partial charge in [-0.25, -0.2) is 0 Å². The molecule has 22 heavy (non-hydrogen) atoms. The molecule has 1 N–H and O–H groups in total. The predicted molar refractivity (Wildman–Crippen MR) is 80.8 cm³/mol. The Kier molecular flexibility index (Phi) is 3.16. The molecule has 0 aromatic heterocycles. The minimum atomic E-state index is -0.498. The molecule has 1 aliphatic heterocycles. The van der Waals surface area contributed by atoms with Crippen LogP contribution in [0.2, 0.25) is 0 Å². The van der Waals surface area contributed by atoms with E-state index in [1.54, 1.807) is 30.3 Å². The largest absolute Gasteiger partial charge is 0.321 e. The number of nitriles is 1. The molecule has 6 heteroatoms. The Labute approximate surface area is 125 Å². The second kappa shape index (κ2) is 5.14. The van der Waals surface area contributed by atoms with Crippen molar-refractivity contribution in [3.63, 3.8) is 0 Å². The average molecular weight is 291 g/mol. The van der Waals surface area contributed by atoms with Crippen LogP contribution in [0.5, 0.6) is 0 Å². The number of carbonyl (C=O) groups excluding carboxylic acids is 1. The van der Waals surface area contributed by atoms with Gasteiger partial charge in [0.25, 0.3) is 11.6 Å². The molecule has 0 spiro atoms. The molecular weight excluding hydrogens is 282 g/mol. The van der Waals surface area contributed by atoms with Gasteiger partial charge in [0, 0.05) is 29.0 Å². The van der Waals surface area contributed by atoms with E-state index in [9.17, 15) is 14.9 Å². The maximum atomic E-state index is 12.0. The Morgan fingerprint density at radius 2 is 1.91 bits per heavy atom. The van der Waals surface area contributed by atoms with Crippen molar-refractivity contribution in [2.75, 3.05) is 5.32 Å². The highest BCUT2D eigenvalue weighted by Gasteiger charge is 2.26. The summed E-state index contributed by atoms with van der Waals surface area (Å²) in [5.41, 5.74) is 2.61. The van der Waals surface area contributed by atoms with Gasteiger partial charge in [0.15, 0.2) is 0 Å². The second-order valence-electron chi connectivity index (χ2n) is 4.73. The molecule has 0 saturated carbocycles. The third kappa shape index (κ3) is 2.31. The minimum absolute atomic E-state index is 0.0685. The van der Waals surface area contributed by atoms with E-state index < -0.39 is 4.92 Å². The highest BCUT2D eigenvalue weighted by Crippen LogP contribution is 2.35. The number of rotatable bonds is 2. The predicted octanol–water partition coefficient (Wildman–Crippen LogP) is 2.96. The maximum Gasteiger partial charge on any atom is 0.270 e. The smallest absolute Gasteiger partial charge is 0.270 e. The number of fused-ring (bicyclic) bond motifs is 1. The van der Waals surface area contributed by atoms with Gasteiger partial charge in [0.05, 0.1) is 16.6 Å².